The Morgan fingerprint density at radius 3 is 2.31 bits per heavy atom. The van der Waals surface area contributed by atoms with Crippen LogP contribution in [-0.2, 0) is 9.53 Å². The number of carbonyl (C=O) groups excluding carboxylic acids is 1. The van der Waals surface area contributed by atoms with Crippen LogP contribution in [0, 0.1) is 17.2 Å². The highest BCUT2D eigenvalue weighted by Crippen LogP contribution is 2.04. The topological polar surface area (TPSA) is 62.1 Å². The number of carbonyl (C=O) groups is 1. The highest BCUT2D eigenvalue weighted by molar-refractivity contribution is 5.76. The molecule has 0 fully saturated rings. The van der Waals surface area contributed by atoms with Crippen LogP contribution in [0.1, 0.15) is 20.8 Å². The molecule has 0 radical (unpaired) electrons. The van der Waals surface area contributed by atoms with E-state index in [1.807, 2.05) is 19.9 Å². The summed E-state index contributed by atoms with van der Waals surface area (Å²) in [6.45, 7) is 5.51. The van der Waals surface area contributed by atoms with Gasteiger partial charge in [-0.25, -0.2) is 0 Å². The van der Waals surface area contributed by atoms with Gasteiger partial charge in [0, 0.05) is 0 Å². The molecule has 0 rings (SSSR count). The van der Waals surface area contributed by atoms with Crippen LogP contribution in [0.25, 0.3) is 0 Å². The van der Waals surface area contributed by atoms with Crippen molar-refractivity contribution in [2.24, 2.45) is 5.92 Å². The zero-order valence-corrected chi connectivity index (χ0v) is 8.50. The molecule has 0 heterocycles. The minimum atomic E-state index is -0.403. The maximum absolute atomic E-state index is 11.2. The first-order valence-corrected chi connectivity index (χ1v) is 4.26. The van der Waals surface area contributed by atoms with Crippen LogP contribution in [0.3, 0.4) is 0 Å². The van der Waals surface area contributed by atoms with Gasteiger partial charge < -0.3 is 4.74 Å². The van der Waals surface area contributed by atoms with E-state index in [0.29, 0.717) is 0 Å². The first kappa shape index (κ1) is 11.9. The molecule has 2 unspecified atom stereocenters. The Morgan fingerprint density at radius 2 is 2.00 bits per heavy atom. The Labute approximate surface area is 78.9 Å². The van der Waals surface area contributed by atoms with Gasteiger partial charge in [0.1, 0.15) is 6.04 Å². The van der Waals surface area contributed by atoms with Gasteiger partial charge in [0.25, 0.3) is 0 Å². The third-order valence-electron chi connectivity index (χ3n) is 1.74. The molecular weight excluding hydrogens is 168 g/mol. The number of ether oxygens (including phenoxy) is 1. The average molecular weight is 184 g/mol. The minimum Gasteiger partial charge on any atom is -0.468 e. The van der Waals surface area contributed by atoms with Gasteiger partial charge in [0.15, 0.2) is 0 Å². The summed E-state index contributed by atoms with van der Waals surface area (Å²) in [6.07, 6.45) is 0. The van der Waals surface area contributed by atoms with Gasteiger partial charge in [0.05, 0.1) is 19.2 Å². The first-order chi connectivity index (χ1) is 6.02. The molecule has 0 bridgehead atoms. The summed E-state index contributed by atoms with van der Waals surface area (Å²) in [5.41, 5.74) is 0. The molecule has 0 saturated heterocycles. The third-order valence-corrected chi connectivity index (χ3v) is 1.74. The van der Waals surface area contributed by atoms with Crippen molar-refractivity contribution in [1.82, 2.24) is 5.32 Å². The molecule has 2 atom stereocenters. The largest absolute Gasteiger partial charge is 0.468 e. The number of nitrogens with zero attached hydrogens (tertiary/aromatic N) is 1. The molecule has 0 aromatic heterocycles. The summed E-state index contributed by atoms with van der Waals surface area (Å²) in [4.78, 5) is 11.2. The van der Waals surface area contributed by atoms with Crippen molar-refractivity contribution in [1.29, 1.82) is 5.26 Å². The quantitative estimate of drug-likeness (QED) is 0.653. The average Bonchev–Trinajstić information content (AvgIpc) is 2.11. The van der Waals surface area contributed by atoms with Gasteiger partial charge in [-0.05, 0) is 12.8 Å². The smallest absolute Gasteiger partial charge is 0.323 e. The fourth-order valence-corrected chi connectivity index (χ4v) is 0.966. The second-order valence-corrected chi connectivity index (χ2v) is 3.26. The van der Waals surface area contributed by atoms with Gasteiger partial charge in [-0.2, -0.15) is 5.26 Å². The molecule has 13 heavy (non-hydrogen) atoms. The summed E-state index contributed by atoms with van der Waals surface area (Å²) in [5.74, 6) is -0.208. The molecule has 0 aliphatic heterocycles. The van der Waals surface area contributed by atoms with Crippen molar-refractivity contribution < 1.29 is 9.53 Å². The Bertz CT molecular complexity index is 208. The van der Waals surface area contributed by atoms with Crippen LogP contribution in [0.5, 0.6) is 0 Å². The molecule has 4 heteroatoms. The van der Waals surface area contributed by atoms with E-state index in [4.69, 9.17) is 5.26 Å². The number of esters is 1. The maximum Gasteiger partial charge on any atom is 0.323 e. The van der Waals surface area contributed by atoms with Crippen molar-refractivity contribution in [2.45, 2.75) is 32.9 Å². The lowest BCUT2D eigenvalue weighted by molar-refractivity contribution is -0.144. The highest BCUT2D eigenvalue weighted by Gasteiger charge is 2.23. The third kappa shape index (κ3) is 3.90. The van der Waals surface area contributed by atoms with Gasteiger partial charge >= 0.3 is 5.97 Å². The van der Waals surface area contributed by atoms with E-state index in [1.54, 1.807) is 6.92 Å². The van der Waals surface area contributed by atoms with Gasteiger partial charge in [-0.3, -0.25) is 10.1 Å². The van der Waals surface area contributed by atoms with Gasteiger partial charge in [-0.1, -0.05) is 13.8 Å². The second-order valence-electron chi connectivity index (χ2n) is 3.26. The summed E-state index contributed by atoms with van der Waals surface area (Å²) in [6, 6.07) is 1.27. The molecule has 0 spiro atoms. The van der Waals surface area contributed by atoms with Crippen molar-refractivity contribution in [2.75, 3.05) is 7.11 Å². The predicted molar refractivity (Wildman–Crippen MR) is 48.9 cm³/mol. The Balaban J connectivity index is 4.28. The number of nitriles is 1. The molecule has 1 N–H and O–H groups in total. The van der Waals surface area contributed by atoms with E-state index in [2.05, 4.69) is 10.1 Å². The Kier molecular flexibility index (Phi) is 5.09. The number of nitrogens with one attached hydrogen (secondary N) is 1. The zero-order valence-electron chi connectivity index (χ0n) is 8.50. The summed E-state index contributed by atoms with van der Waals surface area (Å²) < 4.78 is 4.61. The minimum absolute atomic E-state index is 0.114. The molecule has 0 aromatic rings. The van der Waals surface area contributed by atoms with Crippen LogP contribution < -0.4 is 5.32 Å². The molecule has 0 amide bonds. The maximum atomic E-state index is 11.2. The fraction of sp³-hybridized carbons (Fsp3) is 0.778. The first-order valence-electron chi connectivity index (χ1n) is 4.26. The predicted octanol–water partition coefficient (Wildman–Crippen LogP) is 0.686. The molecule has 0 saturated carbocycles. The normalized spacial score (nSPS) is 14.8. The van der Waals surface area contributed by atoms with Crippen molar-refractivity contribution in [3.63, 3.8) is 0 Å². The fourth-order valence-electron chi connectivity index (χ4n) is 0.966. The summed E-state index contributed by atoms with van der Waals surface area (Å²) in [7, 11) is 1.34. The van der Waals surface area contributed by atoms with Crippen LogP contribution in [0.4, 0.5) is 0 Å². The lowest BCUT2D eigenvalue weighted by Gasteiger charge is -2.20. The van der Waals surface area contributed by atoms with Crippen molar-refractivity contribution in [3.05, 3.63) is 0 Å². The Hall–Kier alpha value is -1.08. The van der Waals surface area contributed by atoms with Crippen molar-refractivity contribution >= 4 is 5.97 Å². The molecule has 0 aromatic carbocycles. The van der Waals surface area contributed by atoms with E-state index in [9.17, 15) is 4.79 Å². The second kappa shape index (κ2) is 5.55. The van der Waals surface area contributed by atoms with Crippen LogP contribution >= 0.6 is 0 Å². The van der Waals surface area contributed by atoms with E-state index < -0.39 is 6.04 Å². The number of hydrogen-bond donors (Lipinski definition) is 1. The standard InChI is InChI=1S/C9H16N2O2/c1-6(2)8(9(12)13-4)11-7(3)5-10/h6-8,11H,1-4H3. The van der Waals surface area contributed by atoms with E-state index in [0.717, 1.165) is 0 Å². The molecule has 0 aliphatic rings. The van der Waals surface area contributed by atoms with Crippen LogP contribution in [0.2, 0.25) is 0 Å². The Morgan fingerprint density at radius 1 is 1.46 bits per heavy atom. The zero-order chi connectivity index (χ0) is 10.4. The van der Waals surface area contributed by atoms with Gasteiger partial charge in [0.2, 0.25) is 0 Å². The highest BCUT2D eigenvalue weighted by atomic mass is 16.5. The lowest BCUT2D eigenvalue weighted by Crippen LogP contribution is -2.45. The van der Waals surface area contributed by atoms with E-state index >= 15 is 0 Å². The summed E-state index contributed by atoms with van der Waals surface area (Å²) in [5, 5.41) is 11.4. The van der Waals surface area contributed by atoms with Gasteiger partial charge in [-0.15, -0.1) is 0 Å². The van der Waals surface area contributed by atoms with Crippen LogP contribution in [-0.4, -0.2) is 25.2 Å². The molecular formula is C9H16N2O2. The number of hydrogen-bond acceptors (Lipinski definition) is 4. The monoisotopic (exact) mass is 184 g/mol. The number of rotatable bonds is 4. The molecule has 74 valence electrons. The van der Waals surface area contributed by atoms with Crippen molar-refractivity contribution in [3.8, 4) is 6.07 Å². The molecule has 0 aliphatic carbocycles. The van der Waals surface area contributed by atoms with Crippen LogP contribution in [0.15, 0.2) is 0 Å². The summed E-state index contributed by atoms with van der Waals surface area (Å²) >= 11 is 0. The lowest BCUT2D eigenvalue weighted by atomic mass is 10.0. The molecule has 4 nitrogen and oxygen atoms in total. The number of methoxy groups -OCH3 is 1. The SMILES string of the molecule is COC(=O)C(NC(C)C#N)C(C)C. The van der Waals surface area contributed by atoms with E-state index in [-0.39, 0.29) is 17.9 Å². The van der Waals surface area contributed by atoms with E-state index in [1.165, 1.54) is 7.11 Å².